The van der Waals surface area contributed by atoms with E-state index in [1.54, 1.807) is 48.8 Å². The van der Waals surface area contributed by atoms with Crippen molar-refractivity contribution in [3.05, 3.63) is 83.9 Å². The number of pyridine rings is 1. The van der Waals surface area contributed by atoms with Crippen LogP contribution >= 0.6 is 0 Å². The third-order valence-electron chi connectivity index (χ3n) is 3.63. The molecule has 0 spiro atoms. The summed E-state index contributed by atoms with van der Waals surface area (Å²) < 4.78 is 6.57. The van der Waals surface area contributed by atoms with E-state index in [0.717, 1.165) is 11.4 Å². The van der Waals surface area contributed by atoms with Gasteiger partial charge >= 0.3 is 5.97 Å². The van der Waals surface area contributed by atoms with Crippen LogP contribution in [0.15, 0.2) is 72.2 Å². The lowest BCUT2D eigenvalue weighted by Gasteiger charge is -2.07. The Morgan fingerprint density at radius 3 is 2.62 bits per heavy atom. The van der Waals surface area contributed by atoms with Crippen molar-refractivity contribution in [3.63, 3.8) is 0 Å². The first kappa shape index (κ1) is 17.1. The van der Waals surface area contributed by atoms with E-state index in [0.29, 0.717) is 11.1 Å². The van der Waals surface area contributed by atoms with E-state index in [4.69, 9.17) is 4.74 Å². The number of rotatable bonds is 5. The van der Waals surface area contributed by atoms with Crippen LogP contribution in [0.1, 0.15) is 26.4 Å². The number of aromatic nitrogens is 2. The van der Waals surface area contributed by atoms with Gasteiger partial charge in [-0.1, -0.05) is 0 Å². The van der Waals surface area contributed by atoms with Crippen molar-refractivity contribution in [2.24, 2.45) is 5.10 Å². The van der Waals surface area contributed by atoms with Gasteiger partial charge in [-0.05, 0) is 48.5 Å². The average molecular weight is 348 g/mol. The normalized spacial score (nSPS) is 10.7. The molecule has 0 aliphatic heterocycles. The summed E-state index contributed by atoms with van der Waals surface area (Å²) in [6.07, 6.45) is 6.47. The first-order valence-electron chi connectivity index (χ1n) is 7.78. The van der Waals surface area contributed by atoms with Gasteiger partial charge in [0.1, 0.15) is 0 Å². The maximum absolute atomic E-state index is 11.9. The standard InChI is InChI=1S/C19H16N4O3/c1-26-19(25)14-6-8-16(9-7-14)23-11-3-5-17(23)13-21-22-18(24)15-4-2-10-20-12-15/h2-13H,1H3,(H,22,24). The first-order valence-corrected chi connectivity index (χ1v) is 7.78. The molecule has 0 unspecified atom stereocenters. The Labute approximate surface area is 149 Å². The van der Waals surface area contributed by atoms with Crippen LogP contribution in [0.25, 0.3) is 5.69 Å². The molecule has 26 heavy (non-hydrogen) atoms. The molecule has 2 heterocycles. The molecule has 2 aromatic heterocycles. The van der Waals surface area contributed by atoms with E-state index in [-0.39, 0.29) is 11.9 Å². The molecule has 1 N–H and O–H groups in total. The second kappa shape index (κ2) is 7.89. The van der Waals surface area contributed by atoms with Crippen molar-refractivity contribution < 1.29 is 14.3 Å². The minimum Gasteiger partial charge on any atom is -0.465 e. The molecular formula is C19H16N4O3. The topological polar surface area (TPSA) is 85.6 Å². The van der Waals surface area contributed by atoms with Crippen LogP contribution < -0.4 is 5.43 Å². The molecule has 0 bridgehead atoms. The van der Waals surface area contributed by atoms with E-state index in [1.165, 1.54) is 13.3 Å². The smallest absolute Gasteiger partial charge is 0.337 e. The summed E-state index contributed by atoms with van der Waals surface area (Å²) in [5, 5.41) is 3.99. The van der Waals surface area contributed by atoms with Gasteiger partial charge in [-0.3, -0.25) is 9.78 Å². The zero-order chi connectivity index (χ0) is 18.4. The Morgan fingerprint density at radius 2 is 1.92 bits per heavy atom. The fraction of sp³-hybridized carbons (Fsp3) is 0.0526. The number of amides is 1. The summed E-state index contributed by atoms with van der Waals surface area (Å²) >= 11 is 0. The van der Waals surface area contributed by atoms with Gasteiger partial charge < -0.3 is 9.30 Å². The molecule has 3 aromatic rings. The van der Waals surface area contributed by atoms with Crippen molar-refractivity contribution in [1.82, 2.24) is 15.0 Å². The summed E-state index contributed by atoms with van der Waals surface area (Å²) in [7, 11) is 1.34. The number of ether oxygens (including phenoxy) is 1. The minimum atomic E-state index is -0.385. The maximum Gasteiger partial charge on any atom is 0.337 e. The second-order valence-corrected chi connectivity index (χ2v) is 5.28. The van der Waals surface area contributed by atoms with E-state index in [1.807, 2.05) is 22.9 Å². The number of benzene rings is 1. The van der Waals surface area contributed by atoms with Crippen LogP contribution in [0.5, 0.6) is 0 Å². The van der Waals surface area contributed by atoms with Crippen molar-refractivity contribution >= 4 is 18.1 Å². The first-order chi connectivity index (χ1) is 12.7. The summed E-state index contributed by atoms with van der Waals surface area (Å²) in [5.74, 6) is -0.723. The molecule has 7 heteroatoms. The van der Waals surface area contributed by atoms with Crippen LogP contribution in [-0.2, 0) is 4.74 Å². The fourth-order valence-electron chi connectivity index (χ4n) is 2.33. The highest BCUT2D eigenvalue weighted by molar-refractivity contribution is 5.94. The highest BCUT2D eigenvalue weighted by Gasteiger charge is 2.07. The van der Waals surface area contributed by atoms with Gasteiger partial charge in [-0.2, -0.15) is 5.10 Å². The predicted molar refractivity (Wildman–Crippen MR) is 96.4 cm³/mol. The Hall–Kier alpha value is -3.74. The maximum atomic E-state index is 11.9. The Morgan fingerprint density at radius 1 is 1.12 bits per heavy atom. The number of carbonyl (C=O) groups is 2. The summed E-state index contributed by atoms with van der Waals surface area (Å²) in [6, 6.07) is 14.0. The van der Waals surface area contributed by atoms with E-state index < -0.39 is 0 Å². The highest BCUT2D eigenvalue weighted by Crippen LogP contribution is 2.13. The van der Waals surface area contributed by atoms with Crippen molar-refractivity contribution in [1.29, 1.82) is 0 Å². The lowest BCUT2D eigenvalue weighted by atomic mass is 10.2. The Kier molecular flexibility index (Phi) is 5.19. The van der Waals surface area contributed by atoms with Crippen LogP contribution in [0.3, 0.4) is 0 Å². The van der Waals surface area contributed by atoms with Crippen molar-refractivity contribution in [2.45, 2.75) is 0 Å². The number of nitrogens with zero attached hydrogens (tertiary/aromatic N) is 3. The fourth-order valence-corrected chi connectivity index (χ4v) is 2.33. The van der Waals surface area contributed by atoms with Gasteiger partial charge in [-0.25, -0.2) is 10.2 Å². The molecule has 0 aliphatic carbocycles. The number of methoxy groups -OCH3 is 1. The average Bonchev–Trinajstić information content (AvgIpc) is 3.16. The van der Waals surface area contributed by atoms with Gasteiger partial charge in [-0.15, -0.1) is 0 Å². The molecule has 1 aromatic carbocycles. The van der Waals surface area contributed by atoms with E-state index >= 15 is 0 Å². The van der Waals surface area contributed by atoms with Gasteiger partial charge in [0.05, 0.1) is 30.1 Å². The van der Waals surface area contributed by atoms with Gasteiger partial charge in [0.2, 0.25) is 0 Å². The molecule has 0 fully saturated rings. The molecule has 130 valence electrons. The quantitative estimate of drug-likeness (QED) is 0.436. The third kappa shape index (κ3) is 3.84. The summed E-state index contributed by atoms with van der Waals surface area (Å²) in [4.78, 5) is 27.3. The van der Waals surface area contributed by atoms with Crippen LogP contribution in [-0.4, -0.2) is 34.8 Å². The number of hydrazone groups is 1. The SMILES string of the molecule is COC(=O)c1ccc(-n2cccc2C=NNC(=O)c2cccnc2)cc1. The minimum absolute atomic E-state index is 0.338. The number of esters is 1. The monoisotopic (exact) mass is 348 g/mol. The highest BCUT2D eigenvalue weighted by atomic mass is 16.5. The number of hydrogen-bond donors (Lipinski definition) is 1. The summed E-state index contributed by atoms with van der Waals surface area (Å²) in [5.41, 5.74) is 4.98. The van der Waals surface area contributed by atoms with Gasteiger partial charge in [0.25, 0.3) is 5.91 Å². The number of hydrogen-bond acceptors (Lipinski definition) is 5. The number of carbonyl (C=O) groups excluding carboxylic acids is 2. The Balaban J connectivity index is 1.72. The molecule has 3 rings (SSSR count). The molecule has 0 saturated carbocycles. The lowest BCUT2D eigenvalue weighted by molar-refractivity contribution is 0.0600. The molecule has 0 atom stereocenters. The van der Waals surface area contributed by atoms with Gasteiger partial charge in [0.15, 0.2) is 0 Å². The zero-order valence-corrected chi connectivity index (χ0v) is 14.0. The molecule has 0 aliphatic rings. The molecule has 0 saturated heterocycles. The second-order valence-electron chi connectivity index (χ2n) is 5.28. The molecule has 0 radical (unpaired) electrons. The summed E-state index contributed by atoms with van der Waals surface area (Å²) in [6.45, 7) is 0. The molecule has 1 amide bonds. The number of nitrogens with one attached hydrogen (secondary N) is 1. The zero-order valence-electron chi connectivity index (χ0n) is 14.0. The van der Waals surface area contributed by atoms with Crippen LogP contribution in [0, 0.1) is 0 Å². The Bertz CT molecular complexity index is 931. The molecular weight excluding hydrogens is 332 g/mol. The third-order valence-corrected chi connectivity index (χ3v) is 3.63. The van der Waals surface area contributed by atoms with Crippen molar-refractivity contribution in [3.8, 4) is 5.69 Å². The van der Waals surface area contributed by atoms with Crippen LogP contribution in [0.4, 0.5) is 0 Å². The van der Waals surface area contributed by atoms with Crippen LogP contribution in [0.2, 0.25) is 0 Å². The van der Waals surface area contributed by atoms with Gasteiger partial charge in [0, 0.05) is 24.3 Å². The van der Waals surface area contributed by atoms with E-state index in [2.05, 4.69) is 15.5 Å². The van der Waals surface area contributed by atoms with Crippen molar-refractivity contribution in [2.75, 3.05) is 7.11 Å². The molecule has 7 nitrogen and oxygen atoms in total. The lowest BCUT2D eigenvalue weighted by Crippen LogP contribution is -2.17. The predicted octanol–water partition coefficient (Wildman–Crippen LogP) is 2.42. The largest absolute Gasteiger partial charge is 0.465 e. The van der Waals surface area contributed by atoms with E-state index in [9.17, 15) is 9.59 Å².